The molecule has 1 heterocycles. The monoisotopic (exact) mass is 289 g/mol. The van der Waals surface area contributed by atoms with Gasteiger partial charge in [0, 0.05) is 23.6 Å². The second-order valence-corrected chi connectivity index (χ2v) is 5.33. The first-order valence-electron chi connectivity index (χ1n) is 6.55. The van der Waals surface area contributed by atoms with Crippen LogP contribution in [0.3, 0.4) is 0 Å². The van der Waals surface area contributed by atoms with Crippen molar-refractivity contribution >= 4 is 28.1 Å². The summed E-state index contributed by atoms with van der Waals surface area (Å²) in [6.45, 7) is 1.61. The summed E-state index contributed by atoms with van der Waals surface area (Å²) < 4.78 is 5.70. The van der Waals surface area contributed by atoms with Crippen molar-refractivity contribution in [2.45, 2.75) is 6.42 Å². The van der Waals surface area contributed by atoms with E-state index in [0.717, 1.165) is 29.4 Å². The van der Waals surface area contributed by atoms with Crippen LogP contribution in [-0.2, 0) is 0 Å². The van der Waals surface area contributed by atoms with Gasteiger partial charge >= 0.3 is 0 Å². The number of para-hydroxylation sites is 1. The van der Waals surface area contributed by atoms with Crippen LogP contribution in [0.2, 0.25) is 0 Å². The number of aromatic nitrogens is 1. The van der Waals surface area contributed by atoms with Crippen LogP contribution >= 0.6 is 12.2 Å². The Morgan fingerprint density at radius 3 is 2.80 bits per heavy atom. The number of ether oxygens (including phenoxy) is 1. The van der Waals surface area contributed by atoms with Gasteiger partial charge in [0.05, 0.1) is 12.1 Å². The van der Waals surface area contributed by atoms with E-state index in [4.69, 9.17) is 22.7 Å². The van der Waals surface area contributed by atoms with E-state index in [1.54, 1.807) is 0 Å². The van der Waals surface area contributed by atoms with Gasteiger partial charge in [0.15, 0.2) is 0 Å². The molecule has 0 aliphatic heterocycles. The third kappa shape index (κ3) is 3.65. The maximum Gasteiger partial charge on any atom is 0.214 e. The summed E-state index contributed by atoms with van der Waals surface area (Å²) in [6.07, 6.45) is 0.948. The SMILES string of the molecule is CN(C)CCCOc1cc(C(N)=S)c2ccccc2n1. The fourth-order valence-electron chi connectivity index (χ4n) is 1.99. The Morgan fingerprint density at radius 2 is 2.10 bits per heavy atom. The number of hydrogen-bond acceptors (Lipinski definition) is 4. The van der Waals surface area contributed by atoms with Crippen molar-refractivity contribution in [2.75, 3.05) is 27.2 Å². The first-order chi connectivity index (χ1) is 9.58. The first kappa shape index (κ1) is 14.7. The molecular weight excluding hydrogens is 270 g/mol. The van der Waals surface area contributed by atoms with Gasteiger partial charge in [-0.1, -0.05) is 30.4 Å². The van der Waals surface area contributed by atoms with Crippen molar-refractivity contribution in [1.29, 1.82) is 0 Å². The summed E-state index contributed by atoms with van der Waals surface area (Å²) in [6, 6.07) is 9.61. The number of thiocarbonyl (C=S) groups is 1. The quantitative estimate of drug-likeness (QED) is 0.652. The smallest absolute Gasteiger partial charge is 0.214 e. The van der Waals surface area contributed by atoms with Crippen molar-refractivity contribution in [2.24, 2.45) is 5.73 Å². The largest absolute Gasteiger partial charge is 0.478 e. The average molecular weight is 289 g/mol. The predicted molar refractivity (Wildman–Crippen MR) is 86.3 cm³/mol. The standard InChI is InChI=1S/C15H19N3OS/c1-18(2)8-5-9-19-14-10-12(15(16)20)11-6-3-4-7-13(11)17-14/h3-4,6-7,10H,5,8-9H2,1-2H3,(H2,16,20). The number of pyridine rings is 1. The molecule has 0 saturated carbocycles. The van der Waals surface area contributed by atoms with E-state index in [0.29, 0.717) is 17.5 Å². The number of nitrogens with two attached hydrogens (primary N) is 1. The second kappa shape index (κ2) is 6.63. The van der Waals surface area contributed by atoms with Crippen molar-refractivity contribution in [3.63, 3.8) is 0 Å². The van der Waals surface area contributed by atoms with Crippen molar-refractivity contribution < 1.29 is 4.74 Å². The Hall–Kier alpha value is -1.72. The molecule has 0 spiro atoms. The number of rotatable bonds is 6. The number of hydrogen-bond donors (Lipinski definition) is 1. The van der Waals surface area contributed by atoms with E-state index in [2.05, 4.69) is 9.88 Å². The molecule has 106 valence electrons. The topological polar surface area (TPSA) is 51.4 Å². The zero-order valence-corrected chi connectivity index (χ0v) is 12.6. The van der Waals surface area contributed by atoms with E-state index in [9.17, 15) is 0 Å². The minimum absolute atomic E-state index is 0.363. The van der Waals surface area contributed by atoms with E-state index in [1.807, 2.05) is 44.4 Å². The molecule has 0 aliphatic rings. The Morgan fingerprint density at radius 1 is 1.35 bits per heavy atom. The normalized spacial score (nSPS) is 10.9. The Kier molecular flexibility index (Phi) is 4.87. The summed E-state index contributed by atoms with van der Waals surface area (Å²) in [7, 11) is 4.08. The van der Waals surface area contributed by atoms with Crippen LogP contribution in [0.4, 0.5) is 0 Å². The van der Waals surface area contributed by atoms with Crippen LogP contribution in [-0.4, -0.2) is 42.1 Å². The zero-order chi connectivity index (χ0) is 14.5. The highest BCUT2D eigenvalue weighted by Crippen LogP contribution is 2.22. The lowest BCUT2D eigenvalue weighted by molar-refractivity contribution is 0.274. The van der Waals surface area contributed by atoms with Gasteiger partial charge in [0.25, 0.3) is 0 Å². The van der Waals surface area contributed by atoms with Gasteiger partial charge in [-0.05, 0) is 26.6 Å². The average Bonchev–Trinajstić information content (AvgIpc) is 2.42. The van der Waals surface area contributed by atoms with Crippen molar-refractivity contribution in [3.05, 3.63) is 35.9 Å². The summed E-state index contributed by atoms with van der Waals surface area (Å²) in [5.74, 6) is 0.574. The molecule has 0 fully saturated rings. The van der Waals surface area contributed by atoms with E-state index in [-0.39, 0.29) is 0 Å². The van der Waals surface area contributed by atoms with Crippen LogP contribution in [0.1, 0.15) is 12.0 Å². The lowest BCUT2D eigenvalue weighted by Gasteiger charge is -2.11. The van der Waals surface area contributed by atoms with Crippen LogP contribution in [0, 0.1) is 0 Å². The second-order valence-electron chi connectivity index (χ2n) is 4.89. The summed E-state index contributed by atoms with van der Waals surface area (Å²) in [5.41, 5.74) is 7.45. The molecule has 4 nitrogen and oxygen atoms in total. The van der Waals surface area contributed by atoms with Gasteiger partial charge in [-0.3, -0.25) is 0 Å². The summed E-state index contributed by atoms with van der Waals surface area (Å²) in [5, 5.41) is 0.959. The van der Waals surface area contributed by atoms with Gasteiger partial charge < -0.3 is 15.4 Å². The van der Waals surface area contributed by atoms with Gasteiger partial charge in [0.2, 0.25) is 5.88 Å². The molecule has 1 aromatic carbocycles. The zero-order valence-electron chi connectivity index (χ0n) is 11.8. The lowest BCUT2D eigenvalue weighted by Crippen LogP contribution is -2.16. The molecule has 20 heavy (non-hydrogen) atoms. The Balaban J connectivity index is 2.20. The maximum atomic E-state index is 5.78. The molecular formula is C15H19N3OS. The minimum atomic E-state index is 0.363. The molecule has 2 aromatic rings. The van der Waals surface area contributed by atoms with Crippen molar-refractivity contribution in [3.8, 4) is 5.88 Å². The molecule has 0 radical (unpaired) electrons. The molecule has 0 atom stereocenters. The van der Waals surface area contributed by atoms with Crippen LogP contribution in [0.25, 0.3) is 10.9 Å². The lowest BCUT2D eigenvalue weighted by atomic mass is 10.1. The number of fused-ring (bicyclic) bond motifs is 1. The summed E-state index contributed by atoms with van der Waals surface area (Å²) in [4.78, 5) is 6.97. The maximum absolute atomic E-state index is 5.78. The molecule has 0 saturated heterocycles. The molecule has 0 amide bonds. The molecule has 0 aliphatic carbocycles. The Labute approximate surface area is 124 Å². The van der Waals surface area contributed by atoms with Crippen LogP contribution in [0.5, 0.6) is 5.88 Å². The highest BCUT2D eigenvalue weighted by molar-refractivity contribution is 7.80. The van der Waals surface area contributed by atoms with Crippen LogP contribution in [0.15, 0.2) is 30.3 Å². The van der Waals surface area contributed by atoms with Gasteiger partial charge in [-0.2, -0.15) is 0 Å². The third-order valence-electron chi connectivity index (χ3n) is 2.96. The van der Waals surface area contributed by atoms with Gasteiger partial charge in [-0.15, -0.1) is 0 Å². The highest BCUT2D eigenvalue weighted by Gasteiger charge is 2.08. The fourth-order valence-corrected chi connectivity index (χ4v) is 2.16. The first-order valence-corrected chi connectivity index (χ1v) is 6.96. The number of nitrogens with zero attached hydrogens (tertiary/aromatic N) is 2. The summed E-state index contributed by atoms with van der Waals surface area (Å²) >= 11 is 5.11. The predicted octanol–water partition coefficient (Wildman–Crippen LogP) is 2.20. The molecule has 2 rings (SSSR count). The van der Waals surface area contributed by atoms with E-state index >= 15 is 0 Å². The molecule has 0 bridgehead atoms. The van der Waals surface area contributed by atoms with Gasteiger partial charge in [0.1, 0.15) is 4.99 Å². The molecule has 1 aromatic heterocycles. The third-order valence-corrected chi connectivity index (χ3v) is 3.18. The molecule has 5 heteroatoms. The van der Waals surface area contributed by atoms with Gasteiger partial charge in [-0.25, -0.2) is 4.98 Å². The number of benzene rings is 1. The minimum Gasteiger partial charge on any atom is -0.478 e. The fraction of sp³-hybridized carbons (Fsp3) is 0.333. The van der Waals surface area contributed by atoms with Crippen molar-refractivity contribution in [1.82, 2.24) is 9.88 Å². The van der Waals surface area contributed by atoms with Crippen LogP contribution < -0.4 is 10.5 Å². The molecule has 2 N–H and O–H groups in total. The van der Waals surface area contributed by atoms with E-state index < -0.39 is 0 Å². The Bertz CT molecular complexity index is 613. The molecule has 0 unspecified atom stereocenters. The van der Waals surface area contributed by atoms with E-state index in [1.165, 1.54) is 0 Å². The highest BCUT2D eigenvalue weighted by atomic mass is 32.1.